The van der Waals surface area contributed by atoms with Crippen LogP contribution in [-0.4, -0.2) is 22.9 Å². The zero-order chi connectivity index (χ0) is 8.32. The molecule has 0 bridgehead atoms. The van der Waals surface area contributed by atoms with Gasteiger partial charge in [-0.3, -0.25) is 0 Å². The molecule has 1 aliphatic rings. The highest BCUT2D eigenvalue weighted by Crippen LogP contribution is 2.26. The van der Waals surface area contributed by atoms with E-state index in [1.165, 1.54) is 0 Å². The van der Waals surface area contributed by atoms with Gasteiger partial charge in [-0.25, -0.2) is 0 Å². The van der Waals surface area contributed by atoms with E-state index in [9.17, 15) is 0 Å². The van der Waals surface area contributed by atoms with Gasteiger partial charge in [-0.05, 0) is 13.8 Å². The van der Waals surface area contributed by atoms with Crippen LogP contribution >= 0.6 is 11.8 Å². The maximum Gasteiger partial charge on any atom is 0.138 e. The van der Waals surface area contributed by atoms with Gasteiger partial charge in [-0.1, -0.05) is 5.16 Å². The Kier molecular flexibility index (Phi) is 2.78. The molecule has 1 heterocycles. The molecule has 4 heteroatoms. The molecular weight excluding hydrogens is 160 g/mol. The van der Waals surface area contributed by atoms with Crippen LogP contribution in [0.5, 0.6) is 0 Å². The molecule has 0 saturated carbocycles. The van der Waals surface area contributed by atoms with Crippen molar-refractivity contribution in [2.75, 3.05) is 12.3 Å². The summed E-state index contributed by atoms with van der Waals surface area (Å²) in [6.07, 6.45) is 0.914. The normalized spacial score (nSPS) is 21.2. The van der Waals surface area contributed by atoms with Crippen LogP contribution in [0.1, 0.15) is 20.3 Å². The molecule has 64 valence electrons. The molecule has 1 rings (SSSR count). The van der Waals surface area contributed by atoms with E-state index >= 15 is 0 Å². The third kappa shape index (κ3) is 2.71. The second kappa shape index (κ2) is 3.45. The van der Waals surface area contributed by atoms with Crippen molar-refractivity contribution in [3.8, 4) is 0 Å². The molecule has 0 aromatic heterocycles. The van der Waals surface area contributed by atoms with Crippen molar-refractivity contribution in [3.05, 3.63) is 0 Å². The average Bonchev–Trinajstić information content (AvgIpc) is 2.26. The lowest BCUT2D eigenvalue weighted by Gasteiger charge is -2.12. The van der Waals surface area contributed by atoms with Crippen molar-refractivity contribution in [1.82, 2.24) is 0 Å². The first-order valence-corrected chi connectivity index (χ1v) is 4.70. The second-order valence-corrected chi connectivity index (χ2v) is 4.32. The molecule has 0 unspecified atom stereocenters. The van der Waals surface area contributed by atoms with Gasteiger partial charge in [-0.15, -0.1) is 11.8 Å². The molecule has 0 saturated heterocycles. The number of nitrogens with zero attached hydrogens (tertiary/aromatic N) is 1. The lowest BCUT2D eigenvalue weighted by molar-refractivity contribution is 0.0123. The Morgan fingerprint density at radius 1 is 1.73 bits per heavy atom. The van der Waals surface area contributed by atoms with Crippen LogP contribution in [0.2, 0.25) is 0 Å². The van der Waals surface area contributed by atoms with Crippen molar-refractivity contribution in [2.24, 2.45) is 10.9 Å². The monoisotopic (exact) mass is 174 g/mol. The van der Waals surface area contributed by atoms with Crippen LogP contribution < -0.4 is 5.73 Å². The van der Waals surface area contributed by atoms with Gasteiger partial charge in [0.1, 0.15) is 10.6 Å². The fourth-order valence-electron chi connectivity index (χ4n) is 0.857. The Morgan fingerprint density at radius 2 is 2.45 bits per heavy atom. The molecule has 0 spiro atoms. The Hall–Kier alpha value is -0.220. The zero-order valence-electron chi connectivity index (χ0n) is 6.96. The van der Waals surface area contributed by atoms with E-state index in [1.54, 1.807) is 11.8 Å². The zero-order valence-corrected chi connectivity index (χ0v) is 7.78. The fourth-order valence-corrected chi connectivity index (χ4v) is 1.75. The van der Waals surface area contributed by atoms with Gasteiger partial charge < -0.3 is 10.6 Å². The molecule has 1 aliphatic heterocycles. The summed E-state index contributed by atoms with van der Waals surface area (Å²) >= 11 is 1.69. The lowest BCUT2D eigenvalue weighted by Crippen LogP contribution is -2.18. The Labute approximate surface area is 71.3 Å². The molecule has 0 fully saturated rings. The fraction of sp³-hybridized carbons (Fsp3) is 0.857. The summed E-state index contributed by atoms with van der Waals surface area (Å²) in [7, 11) is 0. The van der Waals surface area contributed by atoms with Crippen LogP contribution in [0.3, 0.4) is 0 Å². The predicted octanol–water partition coefficient (Wildman–Crippen LogP) is 1.19. The van der Waals surface area contributed by atoms with Gasteiger partial charge >= 0.3 is 0 Å². The van der Waals surface area contributed by atoms with Crippen LogP contribution in [0, 0.1) is 0 Å². The van der Waals surface area contributed by atoms with Gasteiger partial charge in [0.15, 0.2) is 0 Å². The third-order valence-electron chi connectivity index (χ3n) is 1.36. The van der Waals surface area contributed by atoms with Crippen molar-refractivity contribution in [2.45, 2.75) is 25.9 Å². The van der Waals surface area contributed by atoms with Crippen molar-refractivity contribution >= 4 is 16.8 Å². The van der Waals surface area contributed by atoms with Crippen molar-refractivity contribution in [3.63, 3.8) is 0 Å². The summed E-state index contributed by atoms with van der Waals surface area (Å²) in [5.41, 5.74) is 5.26. The standard InChI is InChI=1S/C7H14N2OS/c1-7(2)5-6(9-10-7)11-4-3-8/h3-5,8H2,1-2H3. The number of oxime groups is 1. The molecule has 0 atom stereocenters. The largest absolute Gasteiger partial charge is 0.389 e. The van der Waals surface area contributed by atoms with Gasteiger partial charge in [0.2, 0.25) is 0 Å². The Bertz CT molecular complexity index is 168. The first-order chi connectivity index (χ1) is 5.14. The first-order valence-electron chi connectivity index (χ1n) is 3.72. The molecule has 0 amide bonds. The minimum absolute atomic E-state index is 0.100. The van der Waals surface area contributed by atoms with Gasteiger partial charge in [-0.2, -0.15) is 0 Å². The van der Waals surface area contributed by atoms with Crippen LogP contribution in [0.4, 0.5) is 0 Å². The smallest absolute Gasteiger partial charge is 0.138 e. The van der Waals surface area contributed by atoms with Gasteiger partial charge in [0, 0.05) is 18.7 Å². The van der Waals surface area contributed by atoms with Crippen LogP contribution in [-0.2, 0) is 4.84 Å². The molecule has 3 nitrogen and oxygen atoms in total. The number of hydrogen-bond acceptors (Lipinski definition) is 4. The summed E-state index contributed by atoms with van der Waals surface area (Å²) < 4.78 is 0. The van der Waals surface area contributed by atoms with E-state index in [0.717, 1.165) is 17.2 Å². The van der Waals surface area contributed by atoms with E-state index in [4.69, 9.17) is 10.6 Å². The minimum Gasteiger partial charge on any atom is -0.389 e. The molecule has 0 aliphatic carbocycles. The second-order valence-electron chi connectivity index (χ2n) is 3.15. The van der Waals surface area contributed by atoms with Crippen LogP contribution in [0.15, 0.2) is 5.16 Å². The maximum absolute atomic E-state index is 5.36. The highest BCUT2D eigenvalue weighted by Gasteiger charge is 2.28. The van der Waals surface area contributed by atoms with E-state index in [1.807, 2.05) is 13.8 Å². The molecule has 11 heavy (non-hydrogen) atoms. The highest BCUT2D eigenvalue weighted by molar-refractivity contribution is 8.13. The topological polar surface area (TPSA) is 47.6 Å². The van der Waals surface area contributed by atoms with Crippen LogP contribution in [0.25, 0.3) is 0 Å². The number of rotatable bonds is 2. The number of hydrogen-bond donors (Lipinski definition) is 1. The summed E-state index contributed by atoms with van der Waals surface area (Å²) in [6, 6.07) is 0. The maximum atomic E-state index is 5.36. The summed E-state index contributed by atoms with van der Waals surface area (Å²) in [6.45, 7) is 4.77. The number of thioether (sulfide) groups is 1. The molecule has 0 aromatic rings. The quantitative estimate of drug-likeness (QED) is 0.684. The van der Waals surface area contributed by atoms with Gasteiger partial charge in [0.05, 0.1) is 0 Å². The Morgan fingerprint density at radius 3 is 2.91 bits per heavy atom. The number of nitrogens with two attached hydrogens (primary N) is 1. The minimum atomic E-state index is -0.100. The summed E-state index contributed by atoms with van der Waals surface area (Å²) in [5.74, 6) is 0.929. The van der Waals surface area contributed by atoms with E-state index in [2.05, 4.69) is 5.16 Å². The van der Waals surface area contributed by atoms with Crippen molar-refractivity contribution in [1.29, 1.82) is 0 Å². The van der Waals surface area contributed by atoms with Gasteiger partial charge in [0.25, 0.3) is 0 Å². The molecule has 2 N–H and O–H groups in total. The molecule has 0 aromatic carbocycles. The predicted molar refractivity (Wildman–Crippen MR) is 48.7 cm³/mol. The average molecular weight is 174 g/mol. The van der Waals surface area contributed by atoms with E-state index in [0.29, 0.717) is 6.54 Å². The SMILES string of the molecule is CC1(C)CC(SCCN)=NO1. The first kappa shape index (κ1) is 8.87. The lowest BCUT2D eigenvalue weighted by atomic mass is 10.1. The Balaban J connectivity index is 2.29. The third-order valence-corrected chi connectivity index (χ3v) is 2.35. The van der Waals surface area contributed by atoms with E-state index in [-0.39, 0.29) is 5.60 Å². The molecular formula is C7H14N2OS. The molecule has 0 radical (unpaired) electrons. The summed E-state index contributed by atoms with van der Waals surface area (Å²) in [4.78, 5) is 5.18. The van der Waals surface area contributed by atoms with E-state index < -0.39 is 0 Å². The van der Waals surface area contributed by atoms with Crippen molar-refractivity contribution < 1.29 is 4.84 Å². The summed E-state index contributed by atoms with van der Waals surface area (Å²) in [5, 5.41) is 5.02. The highest BCUT2D eigenvalue weighted by atomic mass is 32.2.